The molecule has 2 saturated carbocycles. The van der Waals surface area contributed by atoms with E-state index in [0.29, 0.717) is 12.3 Å². The molecule has 4 heteroatoms. The smallest absolute Gasteiger partial charge is 0.223 e. The maximum Gasteiger partial charge on any atom is 0.223 e. The number of nitrogens with one attached hydrogen (secondary N) is 1. The van der Waals surface area contributed by atoms with Crippen LogP contribution in [0.15, 0.2) is 48.5 Å². The molecule has 168 valence electrons. The normalized spacial score (nSPS) is 31.4. The van der Waals surface area contributed by atoms with Crippen LogP contribution in [0.5, 0.6) is 5.75 Å². The highest BCUT2D eigenvalue weighted by Crippen LogP contribution is 2.64. The number of amides is 1. The molecule has 0 aromatic heterocycles. The van der Waals surface area contributed by atoms with Crippen LogP contribution in [0.25, 0.3) is 0 Å². The Bertz CT molecular complexity index is 1020. The predicted molar refractivity (Wildman–Crippen MR) is 125 cm³/mol. The third-order valence-electron chi connectivity index (χ3n) is 8.98. The summed E-state index contributed by atoms with van der Waals surface area (Å²) in [4.78, 5) is 16.0. The van der Waals surface area contributed by atoms with Crippen LogP contribution < -0.4 is 5.32 Å². The van der Waals surface area contributed by atoms with Crippen LogP contribution in [0.2, 0.25) is 0 Å². The maximum atomic E-state index is 13.3. The van der Waals surface area contributed by atoms with Crippen molar-refractivity contribution in [2.24, 2.45) is 17.3 Å². The fourth-order valence-corrected chi connectivity index (χ4v) is 7.27. The van der Waals surface area contributed by atoms with Crippen molar-refractivity contribution in [2.75, 3.05) is 19.6 Å². The lowest BCUT2D eigenvalue weighted by Crippen LogP contribution is -2.60. The number of hydrogen-bond acceptors (Lipinski definition) is 3. The van der Waals surface area contributed by atoms with E-state index in [1.54, 1.807) is 0 Å². The largest absolute Gasteiger partial charge is 0.508 e. The Kier molecular flexibility index (Phi) is 4.83. The molecule has 1 unspecified atom stereocenters. The predicted octanol–water partition coefficient (Wildman–Crippen LogP) is 4.40. The molecule has 1 aliphatic heterocycles. The summed E-state index contributed by atoms with van der Waals surface area (Å²) in [5.41, 5.74) is 4.18. The molecule has 2 N–H and O–H groups in total. The second-order valence-electron chi connectivity index (χ2n) is 11.0. The van der Waals surface area contributed by atoms with Gasteiger partial charge < -0.3 is 15.3 Å². The molecule has 4 aliphatic rings. The van der Waals surface area contributed by atoms with Gasteiger partial charge in [-0.1, -0.05) is 36.4 Å². The maximum absolute atomic E-state index is 13.3. The molecule has 1 saturated heterocycles. The SMILES string of the molecule is O=C(NCc1ccccc1)[C@@H]1CCC23CCN(CC4CC4)C[C@]2(Cc2ccc(O)cc23)C1. The van der Waals surface area contributed by atoms with Gasteiger partial charge in [0.25, 0.3) is 0 Å². The molecule has 32 heavy (non-hydrogen) atoms. The molecule has 4 nitrogen and oxygen atoms in total. The zero-order chi connectivity index (χ0) is 21.8. The van der Waals surface area contributed by atoms with Crippen molar-refractivity contribution in [3.05, 3.63) is 65.2 Å². The zero-order valence-electron chi connectivity index (χ0n) is 18.9. The Labute approximate surface area is 191 Å². The number of aromatic hydroxyl groups is 1. The van der Waals surface area contributed by atoms with E-state index in [-0.39, 0.29) is 22.7 Å². The molecule has 0 bridgehead atoms. The number of carbonyl (C=O) groups excluding carboxylic acids is 1. The van der Waals surface area contributed by atoms with Gasteiger partial charge in [0.15, 0.2) is 0 Å². The Morgan fingerprint density at radius 2 is 1.94 bits per heavy atom. The van der Waals surface area contributed by atoms with E-state index in [2.05, 4.69) is 28.4 Å². The topological polar surface area (TPSA) is 52.6 Å². The Morgan fingerprint density at radius 3 is 2.75 bits per heavy atom. The number of phenolic OH excluding ortho intramolecular Hbond substituents is 1. The number of piperidine rings is 1. The van der Waals surface area contributed by atoms with Gasteiger partial charge in [-0.25, -0.2) is 0 Å². The average molecular weight is 431 g/mol. The van der Waals surface area contributed by atoms with Crippen LogP contribution in [-0.4, -0.2) is 35.5 Å². The molecule has 0 spiro atoms. The lowest BCUT2D eigenvalue weighted by Gasteiger charge is -2.57. The monoisotopic (exact) mass is 430 g/mol. The second-order valence-corrected chi connectivity index (χ2v) is 11.0. The molecule has 0 radical (unpaired) electrons. The zero-order valence-corrected chi connectivity index (χ0v) is 18.9. The first-order valence-electron chi connectivity index (χ1n) is 12.4. The van der Waals surface area contributed by atoms with Crippen LogP contribution in [-0.2, 0) is 23.2 Å². The lowest BCUT2D eigenvalue weighted by atomic mass is 9.51. The van der Waals surface area contributed by atoms with E-state index in [4.69, 9.17) is 0 Å². The summed E-state index contributed by atoms with van der Waals surface area (Å²) in [7, 11) is 0. The first-order chi connectivity index (χ1) is 15.6. The van der Waals surface area contributed by atoms with E-state index in [1.165, 1.54) is 30.5 Å². The highest BCUT2D eigenvalue weighted by molar-refractivity contribution is 5.79. The third kappa shape index (κ3) is 3.35. The first-order valence-corrected chi connectivity index (χ1v) is 12.4. The van der Waals surface area contributed by atoms with Crippen molar-refractivity contribution >= 4 is 5.91 Å². The van der Waals surface area contributed by atoms with Gasteiger partial charge in [-0.3, -0.25) is 4.79 Å². The van der Waals surface area contributed by atoms with Crippen LogP contribution >= 0.6 is 0 Å². The van der Waals surface area contributed by atoms with E-state index in [1.807, 2.05) is 30.3 Å². The summed E-state index contributed by atoms with van der Waals surface area (Å²) in [6, 6.07) is 16.2. The number of carbonyl (C=O) groups is 1. The molecule has 1 amide bonds. The summed E-state index contributed by atoms with van der Waals surface area (Å²) >= 11 is 0. The Morgan fingerprint density at radius 1 is 1.09 bits per heavy atom. The number of nitrogens with zero attached hydrogens (tertiary/aromatic N) is 1. The quantitative estimate of drug-likeness (QED) is 0.739. The first kappa shape index (κ1) is 20.3. The van der Waals surface area contributed by atoms with Gasteiger partial charge in [-0.15, -0.1) is 0 Å². The van der Waals surface area contributed by atoms with E-state index >= 15 is 0 Å². The molecule has 3 aliphatic carbocycles. The number of hydrogen-bond donors (Lipinski definition) is 2. The number of rotatable bonds is 5. The molecule has 2 aromatic carbocycles. The van der Waals surface area contributed by atoms with Crippen LogP contribution in [0.1, 0.15) is 55.2 Å². The van der Waals surface area contributed by atoms with Crippen LogP contribution in [0.4, 0.5) is 0 Å². The minimum Gasteiger partial charge on any atom is -0.508 e. The average Bonchev–Trinajstić information content (AvgIpc) is 3.57. The minimum absolute atomic E-state index is 0.0793. The van der Waals surface area contributed by atoms with Gasteiger partial charge in [0.1, 0.15) is 5.75 Å². The van der Waals surface area contributed by atoms with E-state index < -0.39 is 0 Å². The summed E-state index contributed by atoms with van der Waals surface area (Å²) in [5.74, 6) is 1.57. The summed E-state index contributed by atoms with van der Waals surface area (Å²) in [5, 5.41) is 13.5. The number of phenols is 1. The van der Waals surface area contributed by atoms with Crippen molar-refractivity contribution in [3.63, 3.8) is 0 Å². The Balaban J connectivity index is 1.26. The standard InChI is InChI=1S/C28H34N2O2/c31-24-9-8-22-15-27-16-23(26(32)29-17-20-4-2-1-3-5-20)10-11-28(27,25(22)14-24)12-13-30(19-27)18-21-6-7-21/h1-5,8-9,14,21,23,31H,6-7,10-13,15-19H2,(H,29,32)/t23-,27+,28?/m1/s1. The summed E-state index contributed by atoms with van der Waals surface area (Å²) in [6.07, 6.45) is 7.94. The Hall–Kier alpha value is -2.33. The van der Waals surface area contributed by atoms with E-state index in [9.17, 15) is 9.90 Å². The fourth-order valence-electron chi connectivity index (χ4n) is 7.27. The molecule has 3 fully saturated rings. The molecule has 3 atom stereocenters. The van der Waals surface area contributed by atoms with Crippen molar-refractivity contribution in [2.45, 2.75) is 56.9 Å². The third-order valence-corrected chi connectivity index (χ3v) is 8.98. The second kappa shape index (κ2) is 7.62. The van der Waals surface area contributed by atoms with Gasteiger partial charge in [0.05, 0.1) is 0 Å². The molecule has 1 heterocycles. The highest BCUT2D eigenvalue weighted by atomic mass is 16.3. The van der Waals surface area contributed by atoms with Crippen LogP contribution in [0.3, 0.4) is 0 Å². The van der Waals surface area contributed by atoms with Gasteiger partial charge in [-0.2, -0.15) is 0 Å². The number of benzene rings is 2. The van der Waals surface area contributed by atoms with Crippen molar-refractivity contribution in [1.29, 1.82) is 0 Å². The van der Waals surface area contributed by atoms with Gasteiger partial charge in [-0.05, 0) is 91.6 Å². The molecule has 2 aromatic rings. The fraction of sp³-hybridized carbons (Fsp3) is 0.536. The van der Waals surface area contributed by atoms with Gasteiger partial charge >= 0.3 is 0 Å². The minimum atomic E-state index is 0.0793. The highest BCUT2D eigenvalue weighted by Gasteiger charge is 2.62. The van der Waals surface area contributed by atoms with E-state index in [0.717, 1.165) is 56.7 Å². The number of fused-ring (bicyclic) bond motifs is 1. The van der Waals surface area contributed by atoms with Crippen LogP contribution in [0, 0.1) is 17.3 Å². The number of likely N-dealkylation sites (tertiary alicyclic amines) is 1. The lowest BCUT2D eigenvalue weighted by molar-refractivity contribution is -0.131. The molecular formula is C28H34N2O2. The van der Waals surface area contributed by atoms with Crippen molar-refractivity contribution in [1.82, 2.24) is 10.2 Å². The van der Waals surface area contributed by atoms with Crippen molar-refractivity contribution < 1.29 is 9.90 Å². The summed E-state index contributed by atoms with van der Waals surface area (Å²) < 4.78 is 0. The van der Waals surface area contributed by atoms with Gasteiger partial charge in [0.2, 0.25) is 5.91 Å². The summed E-state index contributed by atoms with van der Waals surface area (Å²) in [6.45, 7) is 4.08. The van der Waals surface area contributed by atoms with Crippen molar-refractivity contribution in [3.8, 4) is 5.75 Å². The molecule has 6 rings (SSSR count). The molecular weight excluding hydrogens is 396 g/mol. The van der Waals surface area contributed by atoms with Gasteiger partial charge in [0, 0.05) is 31.0 Å².